The van der Waals surface area contributed by atoms with Gasteiger partial charge in [-0.1, -0.05) is 12.8 Å². The summed E-state index contributed by atoms with van der Waals surface area (Å²) in [6.07, 6.45) is 9.15. The highest BCUT2D eigenvalue weighted by Gasteiger charge is 2.39. The molecular formula is C27H32N6O4. The molecule has 3 aromatic heterocycles. The summed E-state index contributed by atoms with van der Waals surface area (Å²) >= 11 is 0. The third-order valence-corrected chi connectivity index (χ3v) is 7.94. The average Bonchev–Trinajstić information content (AvgIpc) is 3.58. The molecule has 1 spiro atoms. The number of ketones is 1. The number of rotatable bonds is 5. The third-order valence-electron chi connectivity index (χ3n) is 7.94. The van der Waals surface area contributed by atoms with Gasteiger partial charge in [0.15, 0.2) is 11.6 Å². The molecule has 3 aliphatic rings. The number of nitrogens with one attached hydrogen (secondary N) is 1. The topological polar surface area (TPSA) is 111 Å². The Morgan fingerprint density at radius 3 is 2.46 bits per heavy atom. The number of carbonyl (C=O) groups excluding carboxylic acids is 1. The van der Waals surface area contributed by atoms with Crippen molar-refractivity contribution in [2.45, 2.75) is 64.2 Å². The van der Waals surface area contributed by atoms with Crippen LogP contribution in [-0.2, 0) is 9.47 Å². The van der Waals surface area contributed by atoms with Crippen molar-refractivity contribution < 1.29 is 14.3 Å². The standard InChI is InChI=1S/C27H32N6O4/c1-17-21-16-29-26(31-24(21)33(19-5-3-4-6-19)25(35)23(17)18(2)34)30-22-8-7-20(15-28-22)32-11-9-27(10-12-32)36-13-14-37-27/h7-8,15-16,19H,3-6,9-14H2,1-2H3,(H,28,29,30,31). The van der Waals surface area contributed by atoms with Crippen LogP contribution in [0.4, 0.5) is 17.5 Å². The molecule has 10 nitrogen and oxygen atoms in total. The quantitative estimate of drug-likeness (QED) is 0.517. The summed E-state index contributed by atoms with van der Waals surface area (Å²) in [5.41, 5.74) is 2.21. The SMILES string of the molecule is CC(=O)c1c(C)c2cnc(Nc3ccc(N4CCC5(CC4)OCCO5)cn3)nc2n(C2CCCC2)c1=O. The Morgan fingerprint density at radius 1 is 1.08 bits per heavy atom. The number of Topliss-reactive ketones (excluding diaryl/α,β-unsaturated/α-hetero) is 1. The van der Waals surface area contributed by atoms with E-state index in [-0.39, 0.29) is 22.9 Å². The molecule has 1 N–H and O–H groups in total. The number of aromatic nitrogens is 4. The Morgan fingerprint density at radius 2 is 1.81 bits per heavy atom. The van der Waals surface area contributed by atoms with Crippen molar-refractivity contribution in [1.29, 1.82) is 0 Å². The summed E-state index contributed by atoms with van der Waals surface area (Å²) in [6.45, 7) is 6.29. The third kappa shape index (κ3) is 4.38. The number of aryl methyl sites for hydroxylation is 1. The second-order valence-electron chi connectivity index (χ2n) is 10.2. The maximum absolute atomic E-state index is 13.4. The molecule has 1 aliphatic carbocycles. The molecular weight excluding hydrogens is 472 g/mol. The lowest BCUT2D eigenvalue weighted by atomic mass is 10.0. The molecule has 0 atom stereocenters. The number of ether oxygens (including phenoxy) is 2. The molecule has 0 unspecified atom stereocenters. The zero-order valence-corrected chi connectivity index (χ0v) is 21.3. The van der Waals surface area contributed by atoms with Gasteiger partial charge in [0, 0.05) is 43.6 Å². The molecule has 37 heavy (non-hydrogen) atoms. The van der Waals surface area contributed by atoms with Crippen LogP contribution in [-0.4, -0.2) is 57.4 Å². The molecule has 6 rings (SSSR count). The normalized spacial score (nSPS) is 19.7. The number of piperidine rings is 1. The van der Waals surface area contributed by atoms with E-state index in [0.29, 0.717) is 36.2 Å². The van der Waals surface area contributed by atoms with Gasteiger partial charge >= 0.3 is 0 Å². The van der Waals surface area contributed by atoms with E-state index in [9.17, 15) is 9.59 Å². The summed E-state index contributed by atoms with van der Waals surface area (Å²) in [5.74, 6) is 0.354. The van der Waals surface area contributed by atoms with Gasteiger partial charge in [0.05, 0.1) is 30.7 Å². The van der Waals surface area contributed by atoms with Crippen LogP contribution in [0.1, 0.15) is 67.4 Å². The Balaban J connectivity index is 1.26. The average molecular weight is 505 g/mol. The fourth-order valence-electron chi connectivity index (χ4n) is 5.96. The van der Waals surface area contributed by atoms with E-state index in [2.05, 4.69) is 20.2 Å². The highest BCUT2D eigenvalue weighted by atomic mass is 16.7. The summed E-state index contributed by atoms with van der Waals surface area (Å²) in [4.78, 5) is 41.8. The minimum atomic E-state index is -0.401. The number of hydrogen-bond acceptors (Lipinski definition) is 9. The Kier molecular flexibility index (Phi) is 6.16. The van der Waals surface area contributed by atoms with E-state index in [1.54, 1.807) is 17.7 Å². The number of anilines is 3. The molecule has 5 heterocycles. The van der Waals surface area contributed by atoms with Crippen LogP contribution in [0.5, 0.6) is 0 Å². The summed E-state index contributed by atoms with van der Waals surface area (Å²) in [6, 6.07) is 3.98. The van der Waals surface area contributed by atoms with Gasteiger partial charge in [-0.05, 0) is 44.4 Å². The van der Waals surface area contributed by atoms with Crippen LogP contribution in [0.3, 0.4) is 0 Å². The minimum Gasteiger partial charge on any atom is -0.370 e. The van der Waals surface area contributed by atoms with Gasteiger partial charge in [0.25, 0.3) is 5.56 Å². The van der Waals surface area contributed by atoms with Crippen molar-refractivity contribution in [3.63, 3.8) is 0 Å². The van der Waals surface area contributed by atoms with Crippen molar-refractivity contribution >= 4 is 34.3 Å². The molecule has 0 amide bonds. The molecule has 0 aromatic carbocycles. The molecule has 0 bridgehead atoms. The first kappa shape index (κ1) is 24.0. The molecule has 2 aliphatic heterocycles. The van der Waals surface area contributed by atoms with Crippen LogP contribution in [0.2, 0.25) is 0 Å². The lowest BCUT2D eigenvalue weighted by molar-refractivity contribution is -0.169. The van der Waals surface area contributed by atoms with E-state index in [1.807, 2.05) is 18.3 Å². The van der Waals surface area contributed by atoms with Gasteiger partial charge in [0.2, 0.25) is 5.95 Å². The van der Waals surface area contributed by atoms with E-state index < -0.39 is 5.79 Å². The maximum atomic E-state index is 13.4. The Labute approximate surface area is 215 Å². The fourth-order valence-corrected chi connectivity index (χ4v) is 5.96. The minimum absolute atomic E-state index is 0.0394. The zero-order chi connectivity index (χ0) is 25.6. The van der Waals surface area contributed by atoms with E-state index in [0.717, 1.165) is 62.7 Å². The molecule has 2 saturated heterocycles. The largest absolute Gasteiger partial charge is 0.370 e. The summed E-state index contributed by atoms with van der Waals surface area (Å²) in [7, 11) is 0. The van der Waals surface area contributed by atoms with E-state index in [4.69, 9.17) is 14.5 Å². The first-order valence-electron chi connectivity index (χ1n) is 13.1. The number of pyridine rings is 2. The first-order chi connectivity index (χ1) is 17.9. The van der Waals surface area contributed by atoms with Crippen molar-refractivity contribution in [2.24, 2.45) is 0 Å². The number of hydrogen-bond donors (Lipinski definition) is 1. The Bertz CT molecular complexity index is 1380. The Hall–Kier alpha value is -3.37. The van der Waals surface area contributed by atoms with Gasteiger partial charge in [-0.15, -0.1) is 0 Å². The maximum Gasteiger partial charge on any atom is 0.263 e. The number of nitrogens with zero attached hydrogens (tertiary/aromatic N) is 5. The van der Waals surface area contributed by atoms with Crippen LogP contribution in [0.15, 0.2) is 29.3 Å². The van der Waals surface area contributed by atoms with Crippen LogP contribution in [0, 0.1) is 6.92 Å². The highest BCUT2D eigenvalue weighted by Crippen LogP contribution is 2.34. The molecule has 0 radical (unpaired) electrons. The van der Waals surface area contributed by atoms with Gasteiger partial charge in [0.1, 0.15) is 11.5 Å². The number of fused-ring (bicyclic) bond motifs is 1. The van der Waals surface area contributed by atoms with Crippen molar-refractivity contribution in [3.05, 3.63) is 46.0 Å². The van der Waals surface area contributed by atoms with E-state index >= 15 is 0 Å². The van der Waals surface area contributed by atoms with Crippen LogP contribution >= 0.6 is 0 Å². The van der Waals surface area contributed by atoms with Gasteiger partial charge in [-0.25, -0.2) is 9.97 Å². The van der Waals surface area contributed by atoms with Crippen molar-refractivity contribution in [3.8, 4) is 0 Å². The fraction of sp³-hybridized carbons (Fsp3) is 0.519. The van der Waals surface area contributed by atoms with Crippen molar-refractivity contribution in [1.82, 2.24) is 19.5 Å². The predicted molar refractivity (Wildman–Crippen MR) is 140 cm³/mol. The van der Waals surface area contributed by atoms with Gasteiger partial charge in [-0.2, -0.15) is 4.98 Å². The van der Waals surface area contributed by atoms with Crippen LogP contribution in [0.25, 0.3) is 11.0 Å². The zero-order valence-electron chi connectivity index (χ0n) is 21.3. The first-order valence-corrected chi connectivity index (χ1v) is 13.1. The lowest BCUT2D eigenvalue weighted by Crippen LogP contribution is -2.45. The van der Waals surface area contributed by atoms with Gasteiger partial charge in [-0.3, -0.25) is 14.2 Å². The van der Waals surface area contributed by atoms with Gasteiger partial charge < -0.3 is 19.7 Å². The smallest absolute Gasteiger partial charge is 0.263 e. The molecule has 3 fully saturated rings. The number of carbonyl (C=O) groups is 1. The second kappa shape index (κ2) is 9.50. The predicted octanol–water partition coefficient (Wildman–Crippen LogP) is 3.90. The van der Waals surface area contributed by atoms with E-state index in [1.165, 1.54) is 6.92 Å². The molecule has 10 heteroatoms. The lowest BCUT2D eigenvalue weighted by Gasteiger charge is -2.38. The molecule has 1 saturated carbocycles. The summed E-state index contributed by atoms with van der Waals surface area (Å²) in [5, 5.41) is 3.91. The van der Waals surface area contributed by atoms with Crippen LogP contribution < -0.4 is 15.8 Å². The summed E-state index contributed by atoms with van der Waals surface area (Å²) < 4.78 is 13.4. The highest BCUT2D eigenvalue weighted by molar-refractivity contribution is 5.99. The molecule has 3 aromatic rings. The second-order valence-corrected chi connectivity index (χ2v) is 10.2. The van der Waals surface area contributed by atoms with Crippen molar-refractivity contribution in [2.75, 3.05) is 36.5 Å². The monoisotopic (exact) mass is 504 g/mol. The molecule has 194 valence electrons.